The molecule has 130 valence electrons. The van der Waals surface area contributed by atoms with Crippen molar-refractivity contribution in [3.05, 3.63) is 42.2 Å². The predicted octanol–water partition coefficient (Wildman–Crippen LogP) is 0.827. The lowest BCUT2D eigenvalue weighted by molar-refractivity contribution is -0.134. The van der Waals surface area contributed by atoms with Crippen molar-refractivity contribution in [3.8, 4) is 5.75 Å². The first kappa shape index (κ1) is 17.9. The van der Waals surface area contributed by atoms with Crippen LogP contribution in [-0.2, 0) is 16.1 Å². The molecule has 1 saturated heterocycles. The number of ether oxygens (including phenoxy) is 1. The molecular weight excluding hydrogens is 313 g/mol. The lowest BCUT2D eigenvalue weighted by atomic mass is 10.1. The maximum absolute atomic E-state index is 14.1. The fourth-order valence-corrected chi connectivity index (χ4v) is 2.61. The highest BCUT2D eigenvalue weighted by molar-refractivity contribution is 5.88. The minimum Gasteiger partial charge on any atom is -0.497 e. The second kappa shape index (κ2) is 8.44. The third kappa shape index (κ3) is 4.55. The van der Waals surface area contributed by atoms with E-state index >= 15 is 0 Å². The quantitative estimate of drug-likeness (QED) is 0.724. The van der Waals surface area contributed by atoms with Crippen LogP contribution in [0.1, 0.15) is 12.0 Å². The Morgan fingerprint density at radius 1 is 1.58 bits per heavy atom. The molecular formula is C17H22FN3O3. The van der Waals surface area contributed by atoms with Crippen LogP contribution in [0.4, 0.5) is 4.39 Å². The average molecular weight is 335 g/mol. The van der Waals surface area contributed by atoms with Gasteiger partial charge in [0.2, 0.25) is 11.8 Å². The molecule has 7 heteroatoms. The van der Waals surface area contributed by atoms with Crippen LogP contribution in [0.5, 0.6) is 5.75 Å². The van der Waals surface area contributed by atoms with Crippen molar-refractivity contribution in [2.24, 2.45) is 0 Å². The number of amides is 2. The SMILES string of the molecule is C=CCNC(=O)C[C@H]1C(=O)NCCN1Cc1ccc(OC)cc1F. The van der Waals surface area contributed by atoms with Gasteiger partial charge in [-0.2, -0.15) is 0 Å². The zero-order valence-corrected chi connectivity index (χ0v) is 13.7. The van der Waals surface area contributed by atoms with Crippen molar-refractivity contribution in [1.29, 1.82) is 0 Å². The summed E-state index contributed by atoms with van der Waals surface area (Å²) in [6, 6.07) is 4.00. The molecule has 0 unspecified atom stereocenters. The summed E-state index contributed by atoms with van der Waals surface area (Å²) in [5.41, 5.74) is 0.460. The molecule has 0 aromatic heterocycles. The highest BCUT2D eigenvalue weighted by atomic mass is 19.1. The summed E-state index contributed by atoms with van der Waals surface area (Å²) in [6.45, 7) is 5.16. The number of carbonyl (C=O) groups is 2. The summed E-state index contributed by atoms with van der Waals surface area (Å²) in [7, 11) is 1.47. The average Bonchev–Trinajstić information content (AvgIpc) is 2.57. The summed E-state index contributed by atoms with van der Waals surface area (Å²) in [6.07, 6.45) is 1.60. The molecule has 1 aromatic rings. The van der Waals surface area contributed by atoms with Gasteiger partial charge >= 0.3 is 0 Å². The van der Waals surface area contributed by atoms with E-state index < -0.39 is 11.9 Å². The van der Waals surface area contributed by atoms with Crippen LogP contribution < -0.4 is 15.4 Å². The van der Waals surface area contributed by atoms with Crippen molar-refractivity contribution in [3.63, 3.8) is 0 Å². The van der Waals surface area contributed by atoms with Gasteiger partial charge in [-0.1, -0.05) is 12.1 Å². The fraction of sp³-hybridized carbons (Fsp3) is 0.412. The molecule has 24 heavy (non-hydrogen) atoms. The van der Waals surface area contributed by atoms with E-state index in [9.17, 15) is 14.0 Å². The Labute approximate surface area is 140 Å². The smallest absolute Gasteiger partial charge is 0.237 e. The van der Waals surface area contributed by atoms with Gasteiger partial charge in [0.1, 0.15) is 11.6 Å². The minimum absolute atomic E-state index is 0.0252. The summed E-state index contributed by atoms with van der Waals surface area (Å²) in [5.74, 6) is -0.413. The predicted molar refractivity (Wildman–Crippen MR) is 88.0 cm³/mol. The van der Waals surface area contributed by atoms with Gasteiger partial charge in [0.15, 0.2) is 0 Å². The molecule has 0 radical (unpaired) electrons. The molecule has 0 aliphatic carbocycles. The highest BCUT2D eigenvalue weighted by Gasteiger charge is 2.31. The van der Waals surface area contributed by atoms with Crippen LogP contribution in [0.25, 0.3) is 0 Å². The normalized spacial score (nSPS) is 17.9. The Hall–Kier alpha value is -2.41. The molecule has 1 aliphatic rings. The minimum atomic E-state index is -0.620. The number of hydrogen-bond acceptors (Lipinski definition) is 4. The van der Waals surface area contributed by atoms with Gasteiger partial charge < -0.3 is 15.4 Å². The van der Waals surface area contributed by atoms with Gasteiger partial charge in [-0.25, -0.2) is 4.39 Å². The monoisotopic (exact) mass is 335 g/mol. The Bertz CT molecular complexity index is 621. The Morgan fingerprint density at radius 2 is 2.38 bits per heavy atom. The van der Waals surface area contributed by atoms with Crippen LogP contribution in [0, 0.1) is 5.82 Å². The first-order valence-electron chi connectivity index (χ1n) is 7.77. The summed E-state index contributed by atoms with van der Waals surface area (Å²) in [5, 5.41) is 5.40. The van der Waals surface area contributed by atoms with E-state index in [4.69, 9.17) is 4.74 Å². The van der Waals surface area contributed by atoms with E-state index in [1.165, 1.54) is 13.2 Å². The number of nitrogens with one attached hydrogen (secondary N) is 2. The van der Waals surface area contributed by atoms with Crippen molar-refractivity contribution >= 4 is 11.8 Å². The van der Waals surface area contributed by atoms with Crippen LogP contribution in [0.15, 0.2) is 30.9 Å². The van der Waals surface area contributed by atoms with Crippen molar-refractivity contribution in [1.82, 2.24) is 15.5 Å². The molecule has 0 spiro atoms. The third-order valence-corrected chi connectivity index (χ3v) is 3.90. The van der Waals surface area contributed by atoms with Crippen molar-refractivity contribution in [2.75, 3.05) is 26.7 Å². The number of rotatable bonds is 7. The van der Waals surface area contributed by atoms with Gasteiger partial charge in [0.25, 0.3) is 0 Å². The molecule has 1 aromatic carbocycles. The third-order valence-electron chi connectivity index (χ3n) is 3.90. The van der Waals surface area contributed by atoms with E-state index in [1.807, 2.05) is 4.90 Å². The lowest BCUT2D eigenvalue weighted by Gasteiger charge is -2.34. The van der Waals surface area contributed by atoms with Gasteiger partial charge in [-0.3, -0.25) is 14.5 Å². The highest BCUT2D eigenvalue weighted by Crippen LogP contribution is 2.20. The van der Waals surface area contributed by atoms with Crippen LogP contribution in [0.3, 0.4) is 0 Å². The number of benzene rings is 1. The number of carbonyl (C=O) groups excluding carboxylic acids is 2. The van der Waals surface area contributed by atoms with Crippen LogP contribution in [0.2, 0.25) is 0 Å². The van der Waals surface area contributed by atoms with E-state index in [0.29, 0.717) is 30.9 Å². The number of halogens is 1. The largest absolute Gasteiger partial charge is 0.497 e. The maximum atomic E-state index is 14.1. The van der Waals surface area contributed by atoms with Crippen LogP contribution >= 0.6 is 0 Å². The molecule has 1 fully saturated rings. The number of piperazine rings is 1. The molecule has 2 N–H and O–H groups in total. The Kier molecular flexibility index (Phi) is 6.31. The summed E-state index contributed by atoms with van der Waals surface area (Å²) < 4.78 is 19.1. The number of nitrogens with zero attached hydrogens (tertiary/aromatic N) is 1. The molecule has 1 atom stereocenters. The molecule has 1 heterocycles. The van der Waals surface area contributed by atoms with Crippen molar-refractivity contribution < 1.29 is 18.7 Å². The molecule has 1 aliphatic heterocycles. The first-order chi connectivity index (χ1) is 11.5. The maximum Gasteiger partial charge on any atom is 0.237 e. The van der Waals surface area contributed by atoms with E-state index in [0.717, 1.165) is 0 Å². The van der Waals surface area contributed by atoms with Crippen molar-refractivity contribution in [2.45, 2.75) is 19.0 Å². The molecule has 2 rings (SSSR count). The van der Waals surface area contributed by atoms with Gasteiger partial charge in [0.05, 0.1) is 19.6 Å². The van der Waals surface area contributed by atoms with Gasteiger partial charge in [-0.15, -0.1) is 6.58 Å². The lowest BCUT2D eigenvalue weighted by Crippen LogP contribution is -2.56. The first-order valence-corrected chi connectivity index (χ1v) is 7.77. The van der Waals surface area contributed by atoms with Crippen LogP contribution in [-0.4, -0.2) is 49.5 Å². The Morgan fingerprint density at radius 3 is 3.04 bits per heavy atom. The second-order valence-electron chi connectivity index (χ2n) is 5.53. The topological polar surface area (TPSA) is 70.7 Å². The van der Waals surface area contributed by atoms with E-state index in [2.05, 4.69) is 17.2 Å². The standard InChI is InChI=1S/C17H22FN3O3/c1-3-6-19-16(22)10-15-17(23)20-7-8-21(15)11-12-4-5-13(24-2)9-14(12)18/h3-5,9,15H,1,6-8,10-11H2,2H3,(H,19,22)(H,20,23)/t15-/m0/s1. The fourth-order valence-electron chi connectivity index (χ4n) is 2.61. The van der Waals surface area contributed by atoms with E-state index in [1.54, 1.807) is 18.2 Å². The number of methoxy groups -OCH3 is 1. The summed E-state index contributed by atoms with van der Waals surface area (Å²) in [4.78, 5) is 25.8. The molecule has 6 nitrogen and oxygen atoms in total. The van der Waals surface area contributed by atoms with Gasteiger partial charge in [-0.05, 0) is 6.07 Å². The Balaban J connectivity index is 2.09. The van der Waals surface area contributed by atoms with E-state index in [-0.39, 0.29) is 24.8 Å². The zero-order chi connectivity index (χ0) is 17.5. The zero-order valence-electron chi connectivity index (χ0n) is 13.7. The summed E-state index contributed by atoms with van der Waals surface area (Å²) >= 11 is 0. The molecule has 2 amide bonds. The van der Waals surface area contributed by atoms with Gasteiger partial charge in [0, 0.05) is 37.8 Å². The molecule has 0 bridgehead atoms. The second-order valence-corrected chi connectivity index (χ2v) is 5.53. The molecule has 0 saturated carbocycles. The number of hydrogen-bond donors (Lipinski definition) is 2.